The highest BCUT2D eigenvalue weighted by Gasteiger charge is 2.17. The number of fused-ring (bicyclic) bond motifs is 1. The number of esters is 1. The maximum atomic E-state index is 11.7. The molecule has 1 N–H and O–H groups in total. The van der Waals surface area contributed by atoms with Crippen molar-refractivity contribution >= 4 is 28.5 Å². The van der Waals surface area contributed by atoms with Crippen molar-refractivity contribution in [1.29, 1.82) is 0 Å². The van der Waals surface area contributed by atoms with Crippen molar-refractivity contribution < 1.29 is 9.53 Å². The molecule has 0 bridgehead atoms. The zero-order chi connectivity index (χ0) is 12.6. The Kier molecular flexibility index (Phi) is 3.11. The van der Waals surface area contributed by atoms with Crippen LogP contribution >= 0.6 is 11.6 Å². The number of aryl methyl sites for hydroxylation is 2. The lowest BCUT2D eigenvalue weighted by atomic mass is 10.1. The first-order chi connectivity index (χ1) is 8.06. The van der Waals surface area contributed by atoms with Crippen molar-refractivity contribution in [2.24, 2.45) is 0 Å². The Hall–Kier alpha value is -1.48. The van der Waals surface area contributed by atoms with Gasteiger partial charge in [-0.1, -0.05) is 17.7 Å². The third-order valence-electron chi connectivity index (χ3n) is 2.91. The number of halogens is 1. The van der Waals surface area contributed by atoms with Gasteiger partial charge in [0.15, 0.2) is 0 Å². The molecule has 4 heteroatoms. The Morgan fingerprint density at radius 2 is 2.06 bits per heavy atom. The molecule has 0 spiro atoms. The number of hydrogen-bond donors (Lipinski definition) is 1. The first kappa shape index (κ1) is 12.0. The molecule has 90 valence electrons. The van der Waals surface area contributed by atoms with Gasteiger partial charge in [0.25, 0.3) is 0 Å². The van der Waals surface area contributed by atoms with E-state index in [1.807, 2.05) is 26.0 Å². The van der Waals surface area contributed by atoms with Crippen LogP contribution in [0.4, 0.5) is 0 Å². The molecule has 1 aromatic heterocycles. The molecule has 2 rings (SSSR count). The molecule has 0 saturated carbocycles. The summed E-state index contributed by atoms with van der Waals surface area (Å²) in [6, 6.07) is 3.76. The second-order valence-corrected chi connectivity index (χ2v) is 4.35. The summed E-state index contributed by atoms with van der Waals surface area (Å²) in [5.41, 5.74) is 3.26. The standard InChI is InChI=1S/C13H14ClNO2/c1-4-17-13(16)12-7(2)9-5-6-10(14)8(3)11(9)15-12/h5-6,15H,4H2,1-3H3. The fraction of sp³-hybridized carbons (Fsp3) is 0.308. The topological polar surface area (TPSA) is 42.1 Å². The van der Waals surface area contributed by atoms with Gasteiger partial charge in [0.2, 0.25) is 0 Å². The predicted molar refractivity (Wildman–Crippen MR) is 68.7 cm³/mol. The first-order valence-electron chi connectivity index (χ1n) is 5.50. The van der Waals surface area contributed by atoms with Gasteiger partial charge in [-0.05, 0) is 38.0 Å². The SMILES string of the molecule is CCOC(=O)c1[nH]c2c(C)c(Cl)ccc2c1C. The number of rotatable bonds is 2. The summed E-state index contributed by atoms with van der Waals surface area (Å²) in [5.74, 6) is -0.322. The van der Waals surface area contributed by atoms with E-state index in [9.17, 15) is 4.79 Å². The summed E-state index contributed by atoms with van der Waals surface area (Å²) < 4.78 is 5.01. The van der Waals surface area contributed by atoms with Crippen molar-refractivity contribution in [3.05, 3.63) is 34.0 Å². The largest absolute Gasteiger partial charge is 0.461 e. The highest BCUT2D eigenvalue weighted by atomic mass is 35.5. The number of nitrogens with one attached hydrogen (secondary N) is 1. The van der Waals surface area contributed by atoms with E-state index in [4.69, 9.17) is 16.3 Å². The minimum atomic E-state index is -0.322. The van der Waals surface area contributed by atoms with Gasteiger partial charge in [-0.2, -0.15) is 0 Å². The highest BCUT2D eigenvalue weighted by molar-refractivity contribution is 6.32. The van der Waals surface area contributed by atoms with Crippen molar-refractivity contribution in [2.75, 3.05) is 6.61 Å². The molecule has 0 amide bonds. The molecule has 3 nitrogen and oxygen atoms in total. The van der Waals surface area contributed by atoms with Gasteiger partial charge < -0.3 is 9.72 Å². The van der Waals surface area contributed by atoms with Crippen LogP contribution in [-0.2, 0) is 4.74 Å². The molecule has 0 fully saturated rings. The van der Waals surface area contributed by atoms with Crippen molar-refractivity contribution in [1.82, 2.24) is 4.98 Å². The van der Waals surface area contributed by atoms with Gasteiger partial charge in [0, 0.05) is 10.4 Å². The van der Waals surface area contributed by atoms with Crippen molar-refractivity contribution in [2.45, 2.75) is 20.8 Å². The lowest BCUT2D eigenvalue weighted by Gasteiger charge is -1.99. The Bertz CT molecular complexity index is 587. The summed E-state index contributed by atoms with van der Waals surface area (Å²) in [5, 5.41) is 1.70. The molecule has 0 aliphatic rings. The van der Waals surface area contributed by atoms with E-state index in [1.54, 1.807) is 6.92 Å². The van der Waals surface area contributed by atoms with Gasteiger partial charge in [-0.3, -0.25) is 0 Å². The number of aromatic nitrogens is 1. The number of carbonyl (C=O) groups excluding carboxylic acids is 1. The van der Waals surface area contributed by atoms with E-state index < -0.39 is 0 Å². The summed E-state index contributed by atoms with van der Waals surface area (Å²) in [6.07, 6.45) is 0. The number of hydrogen-bond acceptors (Lipinski definition) is 2. The number of carbonyl (C=O) groups is 1. The second-order valence-electron chi connectivity index (χ2n) is 3.94. The molecule has 1 aromatic carbocycles. The molecule has 0 aliphatic heterocycles. The smallest absolute Gasteiger partial charge is 0.355 e. The zero-order valence-electron chi connectivity index (χ0n) is 10.1. The quantitative estimate of drug-likeness (QED) is 0.829. The zero-order valence-corrected chi connectivity index (χ0v) is 10.8. The summed E-state index contributed by atoms with van der Waals surface area (Å²) >= 11 is 6.05. The minimum absolute atomic E-state index is 0.322. The Morgan fingerprint density at radius 1 is 1.35 bits per heavy atom. The molecule has 17 heavy (non-hydrogen) atoms. The van der Waals surface area contributed by atoms with E-state index in [-0.39, 0.29) is 5.97 Å². The van der Waals surface area contributed by atoms with Crippen LogP contribution in [0.5, 0.6) is 0 Å². The lowest BCUT2D eigenvalue weighted by Crippen LogP contribution is -2.06. The van der Waals surface area contributed by atoms with Crippen LogP contribution in [0.3, 0.4) is 0 Å². The summed E-state index contributed by atoms with van der Waals surface area (Å²) in [4.78, 5) is 14.8. The minimum Gasteiger partial charge on any atom is -0.461 e. The highest BCUT2D eigenvalue weighted by Crippen LogP contribution is 2.29. The van der Waals surface area contributed by atoms with E-state index in [0.29, 0.717) is 17.3 Å². The van der Waals surface area contributed by atoms with E-state index in [2.05, 4.69) is 4.98 Å². The fourth-order valence-corrected chi connectivity index (χ4v) is 2.08. The van der Waals surface area contributed by atoms with Crippen LogP contribution in [-0.4, -0.2) is 17.6 Å². The van der Waals surface area contributed by atoms with E-state index in [1.165, 1.54) is 0 Å². The molecule has 1 heterocycles. The fourth-order valence-electron chi connectivity index (χ4n) is 1.92. The van der Waals surface area contributed by atoms with Gasteiger partial charge in [-0.15, -0.1) is 0 Å². The molecule has 2 aromatic rings. The lowest BCUT2D eigenvalue weighted by molar-refractivity contribution is 0.0520. The Balaban J connectivity index is 2.64. The third-order valence-corrected chi connectivity index (χ3v) is 3.32. The molecule has 0 radical (unpaired) electrons. The van der Waals surface area contributed by atoms with Crippen molar-refractivity contribution in [3.8, 4) is 0 Å². The summed E-state index contributed by atoms with van der Waals surface area (Å²) in [7, 11) is 0. The molecule has 0 unspecified atom stereocenters. The Morgan fingerprint density at radius 3 is 2.71 bits per heavy atom. The maximum Gasteiger partial charge on any atom is 0.355 e. The number of aromatic amines is 1. The van der Waals surface area contributed by atoms with Crippen LogP contribution in [0.2, 0.25) is 5.02 Å². The molecule has 0 aliphatic carbocycles. The first-order valence-corrected chi connectivity index (χ1v) is 5.88. The average molecular weight is 252 g/mol. The normalized spacial score (nSPS) is 10.8. The van der Waals surface area contributed by atoms with Gasteiger partial charge in [-0.25, -0.2) is 4.79 Å². The van der Waals surface area contributed by atoms with E-state index >= 15 is 0 Å². The summed E-state index contributed by atoms with van der Waals surface area (Å²) in [6.45, 7) is 5.99. The van der Waals surface area contributed by atoms with Crippen LogP contribution in [0.1, 0.15) is 28.5 Å². The van der Waals surface area contributed by atoms with Crippen LogP contribution in [0.15, 0.2) is 12.1 Å². The van der Waals surface area contributed by atoms with Crippen molar-refractivity contribution in [3.63, 3.8) is 0 Å². The van der Waals surface area contributed by atoms with Gasteiger partial charge >= 0.3 is 5.97 Å². The predicted octanol–water partition coefficient (Wildman–Crippen LogP) is 3.61. The molecular weight excluding hydrogens is 238 g/mol. The van der Waals surface area contributed by atoms with Gasteiger partial charge in [0.1, 0.15) is 5.69 Å². The monoisotopic (exact) mass is 251 g/mol. The van der Waals surface area contributed by atoms with Crippen LogP contribution in [0.25, 0.3) is 10.9 Å². The second kappa shape index (κ2) is 4.41. The third kappa shape index (κ3) is 1.91. The number of benzene rings is 1. The molecule has 0 atom stereocenters. The van der Waals surface area contributed by atoms with Crippen LogP contribution in [0, 0.1) is 13.8 Å². The van der Waals surface area contributed by atoms with Crippen LogP contribution < -0.4 is 0 Å². The average Bonchev–Trinajstić information content (AvgIpc) is 2.63. The van der Waals surface area contributed by atoms with Gasteiger partial charge in [0.05, 0.1) is 12.1 Å². The number of H-pyrrole nitrogens is 1. The Labute approximate surface area is 105 Å². The molecular formula is C13H14ClNO2. The van der Waals surface area contributed by atoms with E-state index in [0.717, 1.165) is 22.0 Å². The number of ether oxygens (including phenoxy) is 1. The molecule has 0 saturated heterocycles. The maximum absolute atomic E-state index is 11.7.